The third-order valence-electron chi connectivity index (χ3n) is 4.35. The second kappa shape index (κ2) is 5.59. The van der Waals surface area contributed by atoms with Crippen molar-refractivity contribution in [3.63, 3.8) is 0 Å². The minimum absolute atomic E-state index is 0.158. The molecule has 0 radical (unpaired) electrons. The number of allylic oxidation sites excluding steroid dienone is 1. The number of ether oxygens (including phenoxy) is 1. The lowest BCUT2D eigenvalue weighted by atomic mass is 10.0. The van der Waals surface area contributed by atoms with E-state index in [9.17, 15) is 10.1 Å². The first-order valence-electron chi connectivity index (χ1n) is 7.26. The maximum absolute atomic E-state index is 11.4. The number of carbonyl (C=O) groups excluding carboxylic acids is 1. The number of rotatable bonds is 0. The molecule has 108 valence electrons. The molecule has 0 amide bonds. The summed E-state index contributed by atoms with van der Waals surface area (Å²) in [4.78, 5) is 17.6. The second-order valence-corrected chi connectivity index (χ2v) is 5.70. The smallest absolute Gasteiger partial charge is 0.146 e. The molecule has 5 nitrogen and oxygen atoms in total. The SMILES string of the molecule is CC1CCC[C@@H]2COc3c(C#N)cncc3CN2C1=C=O. The van der Waals surface area contributed by atoms with Crippen LogP contribution < -0.4 is 4.74 Å². The lowest BCUT2D eigenvalue weighted by Crippen LogP contribution is -2.37. The van der Waals surface area contributed by atoms with E-state index in [1.165, 1.54) is 6.20 Å². The van der Waals surface area contributed by atoms with Gasteiger partial charge in [-0.05, 0) is 12.8 Å². The molecule has 0 saturated carbocycles. The van der Waals surface area contributed by atoms with Crippen molar-refractivity contribution in [2.45, 2.75) is 38.8 Å². The Morgan fingerprint density at radius 2 is 2.29 bits per heavy atom. The number of nitrogens with zero attached hydrogens (tertiary/aromatic N) is 3. The standard InChI is InChI=1S/C16H17N3O2/c1-11-3-2-4-14-10-21-16-12(5-17)6-18-7-13(16)8-19(14)15(11)9-20/h6-7,11,14H,2-4,8,10H2,1H3/t11?,14-/m1/s1. The van der Waals surface area contributed by atoms with Crippen LogP contribution in [-0.4, -0.2) is 28.5 Å². The van der Waals surface area contributed by atoms with Gasteiger partial charge in [-0.2, -0.15) is 5.26 Å². The van der Waals surface area contributed by atoms with Crippen molar-refractivity contribution in [2.24, 2.45) is 5.92 Å². The summed E-state index contributed by atoms with van der Waals surface area (Å²) < 4.78 is 5.88. The van der Waals surface area contributed by atoms with Gasteiger partial charge >= 0.3 is 0 Å². The highest BCUT2D eigenvalue weighted by Gasteiger charge is 2.32. The average Bonchev–Trinajstić information content (AvgIpc) is 2.76. The molecule has 2 aliphatic heterocycles. The molecule has 1 saturated heterocycles. The molecule has 3 heterocycles. The molecule has 1 fully saturated rings. The van der Waals surface area contributed by atoms with Crippen LogP contribution in [0.4, 0.5) is 0 Å². The monoisotopic (exact) mass is 283 g/mol. The fourth-order valence-electron chi connectivity index (χ4n) is 3.20. The Bertz CT molecular complexity index is 643. The quantitative estimate of drug-likeness (QED) is 0.682. The first-order valence-corrected chi connectivity index (χ1v) is 7.26. The van der Waals surface area contributed by atoms with Crippen LogP contribution in [0.3, 0.4) is 0 Å². The molecule has 2 aliphatic rings. The summed E-state index contributed by atoms with van der Waals surface area (Å²) in [6.45, 7) is 3.11. The molecule has 0 N–H and O–H groups in total. The molecule has 1 aromatic heterocycles. The second-order valence-electron chi connectivity index (χ2n) is 5.70. The summed E-state index contributed by atoms with van der Waals surface area (Å²) in [5.41, 5.74) is 2.03. The minimum atomic E-state index is 0.158. The Labute approximate surface area is 123 Å². The zero-order chi connectivity index (χ0) is 14.8. The first-order chi connectivity index (χ1) is 10.2. The molecule has 1 aromatic rings. The van der Waals surface area contributed by atoms with E-state index < -0.39 is 0 Å². The van der Waals surface area contributed by atoms with Gasteiger partial charge < -0.3 is 9.64 Å². The van der Waals surface area contributed by atoms with Crippen LogP contribution in [0.25, 0.3) is 0 Å². The number of pyridine rings is 1. The van der Waals surface area contributed by atoms with Crippen molar-refractivity contribution in [3.8, 4) is 11.8 Å². The highest BCUT2D eigenvalue weighted by Crippen LogP contribution is 2.35. The number of fused-ring (bicyclic) bond motifs is 2. The summed E-state index contributed by atoms with van der Waals surface area (Å²) in [6, 6.07) is 2.28. The number of aromatic nitrogens is 1. The predicted molar refractivity (Wildman–Crippen MR) is 76.0 cm³/mol. The van der Waals surface area contributed by atoms with Crippen LogP contribution in [0.2, 0.25) is 0 Å². The van der Waals surface area contributed by atoms with Crippen LogP contribution in [0.5, 0.6) is 5.75 Å². The van der Waals surface area contributed by atoms with E-state index in [0.29, 0.717) is 24.5 Å². The summed E-state index contributed by atoms with van der Waals surface area (Å²) in [5, 5.41) is 9.18. The van der Waals surface area contributed by atoms with Gasteiger partial charge in [0.15, 0.2) is 0 Å². The zero-order valence-electron chi connectivity index (χ0n) is 12.0. The molecule has 0 aromatic carbocycles. The van der Waals surface area contributed by atoms with Gasteiger partial charge in [-0.3, -0.25) is 4.98 Å². The lowest BCUT2D eigenvalue weighted by Gasteiger charge is -2.30. The zero-order valence-corrected chi connectivity index (χ0v) is 12.0. The van der Waals surface area contributed by atoms with E-state index in [-0.39, 0.29) is 12.0 Å². The van der Waals surface area contributed by atoms with Crippen LogP contribution >= 0.6 is 0 Å². The minimum Gasteiger partial charge on any atom is -0.490 e. The molecule has 1 unspecified atom stereocenters. The summed E-state index contributed by atoms with van der Waals surface area (Å²) >= 11 is 0. The predicted octanol–water partition coefficient (Wildman–Crippen LogP) is 2.05. The lowest BCUT2D eigenvalue weighted by molar-refractivity contribution is 0.174. The summed E-state index contributed by atoms with van der Waals surface area (Å²) in [7, 11) is 0. The Kier molecular flexibility index (Phi) is 3.64. The molecule has 21 heavy (non-hydrogen) atoms. The number of nitriles is 1. The molecule has 3 rings (SSSR count). The summed E-state index contributed by atoms with van der Waals surface area (Å²) in [5.74, 6) is 2.95. The van der Waals surface area contributed by atoms with Crippen LogP contribution in [-0.2, 0) is 11.3 Å². The molecule has 5 heteroatoms. The number of hydrogen-bond donors (Lipinski definition) is 0. The maximum atomic E-state index is 11.4. The molecular weight excluding hydrogens is 266 g/mol. The van der Waals surface area contributed by atoms with Gasteiger partial charge in [0.25, 0.3) is 0 Å². The highest BCUT2D eigenvalue weighted by atomic mass is 16.5. The third-order valence-corrected chi connectivity index (χ3v) is 4.35. The van der Waals surface area contributed by atoms with Crippen molar-refractivity contribution in [1.29, 1.82) is 5.26 Å². The molecule has 0 spiro atoms. The fraction of sp³-hybridized carbons (Fsp3) is 0.500. The molecular formula is C16H17N3O2. The van der Waals surface area contributed by atoms with E-state index in [4.69, 9.17) is 4.74 Å². The number of hydrogen-bond acceptors (Lipinski definition) is 5. The Morgan fingerprint density at radius 3 is 3.05 bits per heavy atom. The van der Waals surface area contributed by atoms with Crippen LogP contribution in [0.1, 0.15) is 37.3 Å². The van der Waals surface area contributed by atoms with Crippen LogP contribution in [0.15, 0.2) is 18.1 Å². The van der Waals surface area contributed by atoms with Gasteiger partial charge in [-0.15, -0.1) is 0 Å². The van der Waals surface area contributed by atoms with Gasteiger partial charge in [0, 0.05) is 30.4 Å². The Balaban J connectivity index is 2.03. The van der Waals surface area contributed by atoms with Crippen molar-refractivity contribution in [1.82, 2.24) is 9.88 Å². The van der Waals surface area contributed by atoms with E-state index in [1.807, 2.05) is 0 Å². The third kappa shape index (κ3) is 2.39. The van der Waals surface area contributed by atoms with Gasteiger partial charge in [0.05, 0.1) is 6.04 Å². The molecule has 0 aliphatic carbocycles. The highest BCUT2D eigenvalue weighted by molar-refractivity contribution is 5.54. The van der Waals surface area contributed by atoms with E-state index in [0.717, 1.165) is 30.5 Å². The average molecular weight is 283 g/mol. The maximum Gasteiger partial charge on any atom is 0.146 e. The van der Waals surface area contributed by atoms with Crippen molar-refractivity contribution >= 4 is 5.94 Å². The van der Waals surface area contributed by atoms with E-state index >= 15 is 0 Å². The van der Waals surface area contributed by atoms with Gasteiger partial charge in [0.1, 0.15) is 35.6 Å². The van der Waals surface area contributed by atoms with Crippen molar-refractivity contribution < 1.29 is 9.53 Å². The first kappa shape index (κ1) is 13.7. The Hall–Kier alpha value is -2.31. The fourth-order valence-corrected chi connectivity index (χ4v) is 3.20. The van der Waals surface area contributed by atoms with Gasteiger partial charge in [-0.25, -0.2) is 4.79 Å². The van der Waals surface area contributed by atoms with Crippen molar-refractivity contribution in [3.05, 3.63) is 29.2 Å². The molecule has 2 atom stereocenters. The van der Waals surface area contributed by atoms with E-state index in [2.05, 4.69) is 28.8 Å². The van der Waals surface area contributed by atoms with Crippen LogP contribution in [0, 0.1) is 17.2 Å². The van der Waals surface area contributed by atoms with E-state index in [1.54, 1.807) is 6.20 Å². The largest absolute Gasteiger partial charge is 0.490 e. The topological polar surface area (TPSA) is 66.2 Å². The Morgan fingerprint density at radius 1 is 1.43 bits per heavy atom. The normalized spacial score (nSPS) is 24.6. The van der Waals surface area contributed by atoms with Gasteiger partial charge in [0.2, 0.25) is 0 Å². The van der Waals surface area contributed by atoms with Crippen molar-refractivity contribution in [2.75, 3.05) is 6.61 Å². The summed E-state index contributed by atoms with van der Waals surface area (Å²) in [6.07, 6.45) is 6.29. The molecule has 0 bridgehead atoms. The van der Waals surface area contributed by atoms with Gasteiger partial charge in [-0.1, -0.05) is 13.3 Å².